The zero-order valence-electron chi connectivity index (χ0n) is 12.9. The molecule has 0 rings (SSSR count). The molecule has 0 saturated heterocycles. The fourth-order valence-corrected chi connectivity index (χ4v) is 1.70. The van der Waals surface area contributed by atoms with E-state index in [9.17, 15) is 19.2 Å². The van der Waals surface area contributed by atoms with Crippen LogP contribution in [0.5, 0.6) is 0 Å². The molecule has 22 heavy (non-hydrogen) atoms. The molecule has 0 aromatic rings. The Morgan fingerprint density at radius 1 is 1.09 bits per heavy atom. The van der Waals surface area contributed by atoms with Crippen molar-refractivity contribution in [2.45, 2.75) is 26.3 Å². The van der Waals surface area contributed by atoms with Crippen molar-refractivity contribution in [2.24, 2.45) is 11.7 Å². The number of ether oxygens (including phenoxy) is 3. The average Bonchev–Trinajstić information content (AvgIpc) is 2.43. The van der Waals surface area contributed by atoms with Crippen molar-refractivity contribution in [3.63, 3.8) is 0 Å². The minimum atomic E-state index is -1.40. The molecule has 2 atom stereocenters. The van der Waals surface area contributed by atoms with Crippen LogP contribution >= 0.6 is 0 Å². The fourth-order valence-electron chi connectivity index (χ4n) is 1.70. The number of esters is 2. The number of nitrogens with two attached hydrogens (primary N) is 1. The third-order valence-electron chi connectivity index (χ3n) is 2.58. The maximum Gasteiger partial charge on any atom is 0.312 e. The van der Waals surface area contributed by atoms with E-state index in [0.717, 1.165) is 0 Å². The Balaban J connectivity index is 5.18. The second kappa shape index (κ2) is 10.6. The molecule has 9 nitrogen and oxygen atoms in total. The van der Waals surface area contributed by atoms with Crippen molar-refractivity contribution < 1.29 is 33.4 Å². The summed E-state index contributed by atoms with van der Waals surface area (Å²) in [4.78, 5) is 46.6. The number of rotatable bonds is 10. The largest absolute Gasteiger partial charge is 0.466 e. The zero-order valence-corrected chi connectivity index (χ0v) is 12.9. The van der Waals surface area contributed by atoms with Crippen molar-refractivity contribution in [3.8, 4) is 0 Å². The van der Waals surface area contributed by atoms with Gasteiger partial charge in [-0.2, -0.15) is 0 Å². The van der Waals surface area contributed by atoms with Crippen molar-refractivity contribution in [1.29, 1.82) is 0 Å². The molecule has 0 radical (unpaired) electrons. The standard InChI is InChI=1S/C13H22N2O7/c1-4-21-10(17)6-8(13(19)22-5-2)11(12(14)18)15-9(16)7-20-3/h8,11H,4-7H2,1-3H3,(H2,14,18)(H,15,16)/t8-,11-/m0/s1. The summed E-state index contributed by atoms with van der Waals surface area (Å²) < 4.78 is 14.2. The second-order valence-electron chi connectivity index (χ2n) is 4.25. The number of nitrogens with one attached hydrogen (secondary N) is 1. The summed E-state index contributed by atoms with van der Waals surface area (Å²) in [6, 6.07) is -1.40. The second-order valence-corrected chi connectivity index (χ2v) is 4.25. The molecule has 0 aliphatic heterocycles. The highest BCUT2D eigenvalue weighted by Crippen LogP contribution is 2.13. The summed E-state index contributed by atoms with van der Waals surface area (Å²) in [5.41, 5.74) is 5.21. The monoisotopic (exact) mass is 318 g/mol. The number of amides is 2. The highest BCUT2D eigenvalue weighted by molar-refractivity contribution is 5.93. The molecule has 9 heteroatoms. The molecule has 0 saturated carbocycles. The maximum absolute atomic E-state index is 11.9. The van der Waals surface area contributed by atoms with Gasteiger partial charge in [-0.05, 0) is 13.8 Å². The minimum Gasteiger partial charge on any atom is -0.466 e. The Hall–Kier alpha value is -2.16. The molecule has 0 aliphatic carbocycles. The molecule has 0 aliphatic rings. The van der Waals surface area contributed by atoms with Gasteiger partial charge in [-0.15, -0.1) is 0 Å². The van der Waals surface area contributed by atoms with Crippen LogP contribution in [0.15, 0.2) is 0 Å². The summed E-state index contributed by atoms with van der Waals surface area (Å²) in [5, 5.41) is 2.26. The molecule has 126 valence electrons. The lowest BCUT2D eigenvalue weighted by molar-refractivity contribution is -0.157. The van der Waals surface area contributed by atoms with Crippen LogP contribution in [0.3, 0.4) is 0 Å². The Bertz CT molecular complexity index is 411. The lowest BCUT2D eigenvalue weighted by atomic mass is 9.95. The van der Waals surface area contributed by atoms with Crippen LogP contribution in [0.4, 0.5) is 0 Å². The Morgan fingerprint density at radius 3 is 2.14 bits per heavy atom. The average molecular weight is 318 g/mol. The summed E-state index contributed by atoms with van der Waals surface area (Å²) >= 11 is 0. The van der Waals surface area contributed by atoms with E-state index < -0.39 is 42.1 Å². The van der Waals surface area contributed by atoms with Crippen molar-refractivity contribution >= 4 is 23.8 Å². The van der Waals surface area contributed by atoms with Gasteiger partial charge in [0.1, 0.15) is 12.6 Å². The van der Waals surface area contributed by atoms with E-state index >= 15 is 0 Å². The Kier molecular flexibility index (Phi) is 9.51. The molecule has 0 unspecified atom stereocenters. The predicted molar refractivity (Wildman–Crippen MR) is 74.4 cm³/mol. The van der Waals surface area contributed by atoms with Crippen LogP contribution in [-0.2, 0) is 33.4 Å². The summed E-state index contributed by atoms with van der Waals surface area (Å²) in [7, 11) is 1.29. The number of primary amides is 1. The highest BCUT2D eigenvalue weighted by Gasteiger charge is 2.37. The number of carbonyl (C=O) groups excluding carboxylic acids is 4. The molecule has 0 aromatic carbocycles. The number of hydrogen-bond acceptors (Lipinski definition) is 7. The molecule has 0 bridgehead atoms. The van der Waals surface area contributed by atoms with Gasteiger partial charge in [0, 0.05) is 7.11 Å². The van der Waals surface area contributed by atoms with E-state index in [2.05, 4.69) is 10.1 Å². The van der Waals surface area contributed by atoms with E-state index in [0.29, 0.717) is 0 Å². The Labute approximate surface area is 128 Å². The van der Waals surface area contributed by atoms with Gasteiger partial charge in [-0.1, -0.05) is 0 Å². The number of carbonyl (C=O) groups is 4. The van der Waals surface area contributed by atoms with E-state index in [1.807, 2.05) is 0 Å². The van der Waals surface area contributed by atoms with Gasteiger partial charge in [-0.25, -0.2) is 0 Å². The Morgan fingerprint density at radius 2 is 1.68 bits per heavy atom. The topological polar surface area (TPSA) is 134 Å². The molecule has 0 spiro atoms. The van der Waals surface area contributed by atoms with Gasteiger partial charge in [0.05, 0.1) is 25.6 Å². The van der Waals surface area contributed by atoms with E-state index in [-0.39, 0.29) is 19.8 Å². The molecule has 0 fully saturated rings. The smallest absolute Gasteiger partial charge is 0.312 e. The van der Waals surface area contributed by atoms with Gasteiger partial charge < -0.3 is 25.3 Å². The van der Waals surface area contributed by atoms with Gasteiger partial charge in [0.2, 0.25) is 11.8 Å². The first-order valence-electron chi connectivity index (χ1n) is 6.77. The maximum atomic E-state index is 11.9. The summed E-state index contributed by atoms with van der Waals surface area (Å²) in [5.74, 6) is -4.40. The van der Waals surface area contributed by atoms with E-state index in [1.165, 1.54) is 7.11 Å². The molecular formula is C13H22N2O7. The third kappa shape index (κ3) is 7.02. The highest BCUT2D eigenvalue weighted by atomic mass is 16.5. The SMILES string of the molecule is CCOC(=O)C[C@H](C(=O)OCC)[C@H](NC(=O)COC)C(N)=O. The van der Waals surface area contributed by atoms with Crippen LogP contribution < -0.4 is 11.1 Å². The molecule has 0 heterocycles. The van der Waals surface area contributed by atoms with E-state index in [1.54, 1.807) is 13.8 Å². The molecule has 0 aromatic heterocycles. The molecule has 3 N–H and O–H groups in total. The summed E-state index contributed by atoms with van der Waals surface area (Å²) in [6.45, 7) is 3.02. The third-order valence-corrected chi connectivity index (χ3v) is 2.58. The number of methoxy groups -OCH3 is 1. The first kappa shape index (κ1) is 19.8. The van der Waals surface area contributed by atoms with Crippen molar-refractivity contribution in [2.75, 3.05) is 26.9 Å². The normalized spacial score (nSPS) is 12.9. The van der Waals surface area contributed by atoms with E-state index in [4.69, 9.17) is 15.2 Å². The van der Waals surface area contributed by atoms with Gasteiger partial charge in [0.15, 0.2) is 0 Å². The van der Waals surface area contributed by atoms with Crippen LogP contribution in [0.2, 0.25) is 0 Å². The van der Waals surface area contributed by atoms with Crippen molar-refractivity contribution in [3.05, 3.63) is 0 Å². The van der Waals surface area contributed by atoms with Crippen molar-refractivity contribution in [1.82, 2.24) is 5.32 Å². The minimum absolute atomic E-state index is 0.0512. The molecule has 2 amide bonds. The predicted octanol–water partition coefficient (Wildman–Crippen LogP) is -1.26. The summed E-state index contributed by atoms with van der Waals surface area (Å²) in [6.07, 6.45) is -0.437. The first-order chi connectivity index (χ1) is 10.4. The lowest BCUT2D eigenvalue weighted by Crippen LogP contribution is -2.53. The van der Waals surface area contributed by atoms with Crippen LogP contribution in [0.25, 0.3) is 0 Å². The quantitative estimate of drug-likeness (QED) is 0.480. The first-order valence-corrected chi connectivity index (χ1v) is 6.77. The fraction of sp³-hybridized carbons (Fsp3) is 0.692. The van der Waals surface area contributed by atoms with Crippen LogP contribution in [0.1, 0.15) is 20.3 Å². The molecular weight excluding hydrogens is 296 g/mol. The lowest BCUT2D eigenvalue weighted by Gasteiger charge is -2.23. The van der Waals surface area contributed by atoms with Crippen LogP contribution in [-0.4, -0.2) is 56.7 Å². The van der Waals surface area contributed by atoms with Gasteiger partial charge in [-0.3, -0.25) is 19.2 Å². The number of hydrogen-bond donors (Lipinski definition) is 2. The zero-order chi connectivity index (χ0) is 17.1. The van der Waals surface area contributed by atoms with Crippen LogP contribution in [0, 0.1) is 5.92 Å². The van der Waals surface area contributed by atoms with Gasteiger partial charge in [0.25, 0.3) is 0 Å². The van der Waals surface area contributed by atoms with Gasteiger partial charge >= 0.3 is 11.9 Å².